The van der Waals surface area contributed by atoms with Gasteiger partial charge in [-0.3, -0.25) is 5.10 Å². The van der Waals surface area contributed by atoms with Crippen molar-refractivity contribution < 1.29 is 0 Å². The molecule has 17 heavy (non-hydrogen) atoms. The van der Waals surface area contributed by atoms with Gasteiger partial charge in [0.25, 0.3) is 0 Å². The Balaban J connectivity index is 2.31. The molecule has 0 bridgehead atoms. The molecular formula is C10H14N6S. The molecule has 0 fully saturated rings. The third kappa shape index (κ3) is 2.73. The maximum atomic E-state index is 4.30. The first-order chi connectivity index (χ1) is 8.35. The van der Waals surface area contributed by atoms with Gasteiger partial charge in [-0.1, -0.05) is 13.3 Å². The van der Waals surface area contributed by atoms with Crippen molar-refractivity contribution in [2.45, 2.75) is 29.9 Å². The normalized spacial score (nSPS) is 10.5. The fourth-order valence-corrected chi connectivity index (χ4v) is 2.31. The average Bonchev–Trinajstić information content (AvgIpc) is 2.84. The van der Waals surface area contributed by atoms with Crippen LogP contribution in [0.3, 0.4) is 0 Å². The molecule has 0 aliphatic heterocycles. The van der Waals surface area contributed by atoms with Gasteiger partial charge in [-0.25, -0.2) is 15.0 Å². The van der Waals surface area contributed by atoms with E-state index in [4.69, 9.17) is 0 Å². The molecule has 0 radical (unpaired) electrons. The zero-order valence-corrected chi connectivity index (χ0v) is 10.6. The molecule has 0 aliphatic carbocycles. The second-order valence-corrected chi connectivity index (χ2v) is 4.38. The van der Waals surface area contributed by atoms with E-state index in [1.165, 1.54) is 18.1 Å². The van der Waals surface area contributed by atoms with E-state index in [1.54, 1.807) is 6.33 Å². The Morgan fingerprint density at radius 2 is 2.18 bits per heavy atom. The highest BCUT2D eigenvalue weighted by Gasteiger charge is 2.12. The van der Waals surface area contributed by atoms with E-state index in [9.17, 15) is 0 Å². The predicted molar refractivity (Wildman–Crippen MR) is 66.1 cm³/mol. The lowest BCUT2D eigenvalue weighted by atomic mass is 10.2. The van der Waals surface area contributed by atoms with E-state index < -0.39 is 0 Å². The van der Waals surface area contributed by atoms with Crippen LogP contribution in [0.15, 0.2) is 22.8 Å². The number of rotatable bonds is 5. The Kier molecular flexibility index (Phi) is 3.92. The minimum atomic E-state index is 0.739. The quantitative estimate of drug-likeness (QED) is 0.787. The summed E-state index contributed by atoms with van der Waals surface area (Å²) in [6.07, 6.45) is 5.03. The van der Waals surface area contributed by atoms with Gasteiger partial charge in [-0.15, -0.1) is 0 Å². The summed E-state index contributed by atoms with van der Waals surface area (Å²) < 4.78 is 0. The standard InChI is InChI=1S/C10H14N6S/c1-3-4-7-8(11-2)12-5-13-9(7)17-10-14-6-15-16-10/h5-6H,3-4H2,1-2H3,(H,11,12,13)(H,14,15,16). The van der Waals surface area contributed by atoms with Crippen molar-refractivity contribution in [3.05, 3.63) is 18.2 Å². The number of H-pyrrole nitrogens is 1. The van der Waals surface area contributed by atoms with Crippen molar-refractivity contribution in [2.24, 2.45) is 0 Å². The van der Waals surface area contributed by atoms with Gasteiger partial charge in [0, 0.05) is 12.6 Å². The Hall–Kier alpha value is -1.63. The summed E-state index contributed by atoms with van der Waals surface area (Å²) in [4.78, 5) is 12.6. The van der Waals surface area contributed by atoms with Crippen molar-refractivity contribution >= 4 is 17.6 Å². The SMILES string of the molecule is CCCc1c(NC)ncnc1Sc1ncn[nH]1. The van der Waals surface area contributed by atoms with Gasteiger partial charge in [0.05, 0.1) is 0 Å². The summed E-state index contributed by atoms with van der Waals surface area (Å²) >= 11 is 1.47. The Labute approximate surface area is 104 Å². The fourth-order valence-electron chi connectivity index (χ4n) is 1.51. The molecule has 0 aliphatic rings. The minimum absolute atomic E-state index is 0.739. The van der Waals surface area contributed by atoms with Crippen molar-refractivity contribution in [3.63, 3.8) is 0 Å². The first-order valence-electron chi connectivity index (χ1n) is 5.40. The molecule has 90 valence electrons. The topological polar surface area (TPSA) is 79.4 Å². The van der Waals surface area contributed by atoms with Crippen molar-refractivity contribution in [1.82, 2.24) is 25.1 Å². The molecule has 2 aromatic rings. The molecule has 0 unspecified atom stereocenters. The summed E-state index contributed by atoms with van der Waals surface area (Å²) in [6.45, 7) is 2.13. The van der Waals surface area contributed by atoms with Crippen LogP contribution in [0.5, 0.6) is 0 Å². The van der Waals surface area contributed by atoms with Crippen LogP contribution in [0.4, 0.5) is 5.82 Å². The molecule has 2 aromatic heterocycles. The van der Waals surface area contributed by atoms with Gasteiger partial charge in [-0.05, 0) is 18.2 Å². The van der Waals surface area contributed by atoms with E-state index >= 15 is 0 Å². The second-order valence-electron chi connectivity index (χ2n) is 3.40. The lowest BCUT2D eigenvalue weighted by Gasteiger charge is -2.10. The van der Waals surface area contributed by atoms with E-state index in [0.29, 0.717) is 0 Å². The highest BCUT2D eigenvalue weighted by atomic mass is 32.2. The smallest absolute Gasteiger partial charge is 0.189 e. The van der Waals surface area contributed by atoms with Crippen LogP contribution >= 0.6 is 11.8 Å². The Bertz CT molecular complexity index is 470. The number of anilines is 1. The molecule has 2 heterocycles. The Morgan fingerprint density at radius 3 is 2.82 bits per heavy atom. The summed E-state index contributed by atoms with van der Waals surface area (Å²) in [6, 6.07) is 0. The zero-order valence-electron chi connectivity index (χ0n) is 9.77. The van der Waals surface area contributed by atoms with Crippen molar-refractivity contribution in [2.75, 3.05) is 12.4 Å². The molecule has 6 nitrogen and oxygen atoms in total. The third-order valence-corrected chi connectivity index (χ3v) is 3.16. The number of aromatic amines is 1. The number of nitrogens with zero attached hydrogens (tertiary/aromatic N) is 4. The second kappa shape index (κ2) is 5.62. The number of hydrogen-bond donors (Lipinski definition) is 2. The number of hydrogen-bond acceptors (Lipinski definition) is 6. The largest absolute Gasteiger partial charge is 0.373 e. The number of aromatic nitrogens is 5. The average molecular weight is 250 g/mol. The molecular weight excluding hydrogens is 236 g/mol. The van der Waals surface area contributed by atoms with Crippen LogP contribution in [0, 0.1) is 0 Å². The summed E-state index contributed by atoms with van der Waals surface area (Å²) in [5.41, 5.74) is 1.12. The summed E-state index contributed by atoms with van der Waals surface area (Å²) in [5, 5.41) is 11.4. The molecule has 2 rings (SSSR count). The summed E-state index contributed by atoms with van der Waals surface area (Å²) in [7, 11) is 1.87. The first-order valence-corrected chi connectivity index (χ1v) is 6.21. The van der Waals surface area contributed by atoms with Crippen molar-refractivity contribution in [3.8, 4) is 0 Å². The van der Waals surface area contributed by atoms with Crippen LogP contribution in [0.2, 0.25) is 0 Å². The fraction of sp³-hybridized carbons (Fsp3) is 0.400. The third-order valence-electron chi connectivity index (χ3n) is 2.23. The molecule has 0 spiro atoms. The highest BCUT2D eigenvalue weighted by molar-refractivity contribution is 7.99. The van der Waals surface area contributed by atoms with Crippen LogP contribution in [0.25, 0.3) is 0 Å². The molecule has 2 N–H and O–H groups in total. The molecule has 0 aromatic carbocycles. The molecule has 0 amide bonds. The maximum Gasteiger partial charge on any atom is 0.189 e. The Morgan fingerprint density at radius 1 is 1.29 bits per heavy atom. The van der Waals surface area contributed by atoms with E-state index in [1.807, 2.05) is 7.05 Å². The van der Waals surface area contributed by atoms with Crippen LogP contribution in [-0.4, -0.2) is 32.2 Å². The van der Waals surface area contributed by atoms with Gasteiger partial charge in [0.15, 0.2) is 5.16 Å². The van der Waals surface area contributed by atoms with E-state index in [-0.39, 0.29) is 0 Å². The first kappa shape index (κ1) is 11.8. The van der Waals surface area contributed by atoms with Gasteiger partial charge >= 0.3 is 0 Å². The van der Waals surface area contributed by atoms with Crippen LogP contribution in [-0.2, 0) is 6.42 Å². The maximum absolute atomic E-state index is 4.30. The van der Waals surface area contributed by atoms with E-state index in [0.717, 1.165) is 34.4 Å². The molecule has 0 atom stereocenters. The summed E-state index contributed by atoms with van der Waals surface area (Å²) in [5.74, 6) is 0.879. The number of nitrogens with one attached hydrogen (secondary N) is 2. The predicted octanol–water partition coefficient (Wildman–Crippen LogP) is 1.74. The van der Waals surface area contributed by atoms with Crippen molar-refractivity contribution in [1.29, 1.82) is 0 Å². The molecule has 0 saturated heterocycles. The lowest BCUT2D eigenvalue weighted by Crippen LogP contribution is -2.02. The van der Waals surface area contributed by atoms with Gasteiger partial charge < -0.3 is 5.32 Å². The minimum Gasteiger partial charge on any atom is -0.373 e. The highest BCUT2D eigenvalue weighted by Crippen LogP contribution is 2.29. The van der Waals surface area contributed by atoms with Gasteiger partial charge in [-0.2, -0.15) is 5.10 Å². The molecule has 7 heteroatoms. The zero-order chi connectivity index (χ0) is 12.1. The molecule has 0 saturated carbocycles. The van der Waals surface area contributed by atoms with Gasteiger partial charge in [0.1, 0.15) is 23.5 Å². The van der Waals surface area contributed by atoms with Crippen LogP contribution < -0.4 is 5.32 Å². The monoisotopic (exact) mass is 250 g/mol. The van der Waals surface area contributed by atoms with E-state index in [2.05, 4.69) is 37.4 Å². The lowest BCUT2D eigenvalue weighted by molar-refractivity contribution is 0.855. The van der Waals surface area contributed by atoms with Gasteiger partial charge in [0.2, 0.25) is 0 Å². The van der Waals surface area contributed by atoms with Crippen LogP contribution in [0.1, 0.15) is 18.9 Å².